The van der Waals surface area contributed by atoms with Crippen LogP contribution in [-0.2, 0) is 22.3 Å². The zero-order chi connectivity index (χ0) is 23.1. The summed E-state index contributed by atoms with van der Waals surface area (Å²) in [6, 6.07) is 18.8. The second-order valence-corrected chi connectivity index (χ2v) is 14.3. The number of benzene rings is 2. The average Bonchev–Trinajstić information content (AvgIpc) is 2.71. The molecule has 0 saturated carbocycles. The number of hydrogen-bond acceptors (Lipinski definition) is 4. The average molecular weight is 444 g/mol. The van der Waals surface area contributed by atoms with Gasteiger partial charge in [-0.15, -0.1) is 0 Å². The third-order valence-electron chi connectivity index (χ3n) is 6.01. The van der Waals surface area contributed by atoms with Gasteiger partial charge in [0.2, 0.25) is 0 Å². The lowest BCUT2D eigenvalue weighted by Gasteiger charge is -2.40. The van der Waals surface area contributed by atoms with Gasteiger partial charge in [-0.05, 0) is 36.2 Å². The van der Waals surface area contributed by atoms with Crippen LogP contribution < -0.4 is 0 Å². The molecule has 6 heteroatoms. The van der Waals surface area contributed by atoms with E-state index >= 15 is 0 Å². The van der Waals surface area contributed by atoms with Crippen LogP contribution in [0, 0.1) is 0 Å². The lowest BCUT2D eigenvalue weighted by atomic mass is 10.1. The highest BCUT2D eigenvalue weighted by atomic mass is 28.4. The predicted octanol–water partition coefficient (Wildman–Crippen LogP) is 5.60. The molecular formula is C25H37NO4Si. The Balaban J connectivity index is 2.21. The van der Waals surface area contributed by atoms with E-state index in [-0.39, 0.29) is 18.3 Å². The lowest BCUT2D eigenvalue weighted by Crippen LogP contribution is -2.51. The number of nitrogens with zero attached hydrogens (tertiary/aromatic N) is 1. The molecule has 2 aromatic rings. The number of carbonyl (C=O) groups excluding carboxylic acids is 1. The first-order valence-electron chi connectivity index (χ1n) is 10.8. The molecule has 2 rings (SSSR count). The van der Waals surface area contributed by atoms with Gasteiger partial charge >= 0.3 is 6.09 Å². The molecule has 0 bridgehead atoms. The van der Waals surface area contributed by atoms with Gasteiger partial charge < -0.3 is 14.3 Å². The van der Waals surface area contributed by atoms with E-state index in [9.17, 15) is 9.90 Å². The minimum atomic E-state index is -2.05. The summed E-state index contributed by atoms with van der Waals surface area (Å²) in [6.45, 7) is 13.3. The first-order chi connectivity index (χ1) is 14.5. The van der Waals surface area contributed by atoms with Crippen molar-refractivity contribution in [3.05, 3.63) is 71.8 Å². The van der Waals surface area contributed by atoms with Gasteiger partial charge in [0.1, 0.15) is 6.61 Å². The van der Waals surface area contributed by atoms with Crippen molar-refractivity contribution >= 4 is 14.4 Å². The van der Waals surface area contributed by atoms with Crippen molar-refractivity contribution in [3.63, 3.8) is 0 Å². The maximum atomic E-state index is 13.1. The number of amides is 1. The smallest absolute Gasteiger partial charge is 0.410 e. The second kappa shape index (κ2) is 10.9. The standard InChI is InChI=1S/C25H37NO4Si/c1-20(27)23(19-30-31(5,6)25(2,3)4)26(17-21-13-9-7-10-14-21)24(28)29-18-22-15-11-8-12-16-22/h7-16,20,23,27H,17-19H2,1-6H3/t20-,23?/m1/s1. The Hall–Kier alpha value is -2.15. The number of carbonyl (C=O) groups is 1. The minimum absolute atomic E-state index is 0.0360. The van der Waals surface area contributed by atoms with Crippen LogP contribution in [0.2, 0.25) is 18.1 Å². The summed E-state index contributed by atoms with van der Waals surface area (Å²) in [5, 5.41) is 10.6. The van der Waals surface area contributed by atoms with Crippen LogP contribution in [0.15, 0.2) is 60.7 Å². The number of ether oxygens (including phenoxy) is 1. The van der Waals surface area contributed by atoms with Crippen LogP contribution >= 0.6 is 0 Å². The topological polar surface area (TPSA) is 59.0 Å². The fraction of sp³-hybridized carbons (Fsp3) is 0.480. The number of aliphatic hydroxyl groups excluding tert-OH is 1. The van der Waals surface area contributed by atoms with Crippen LogP contribution in [0.1, 0.15) is 38.8 Å². The number of hydrogen-bond donors (Lipinski definition) is 1. The zero-order valence-electron chi connectivity index (χ0n) is 19.7. The Bertz CT molecular complexity index is 803. The highest BCUT2D eigenvalue weighted by Crippen LogP contribution is 2.36. The molecule has 2 aromatic carbocycles. The van der Waals surface area contributed by atoms with E-state index in [1.807, 2.05) is 60.7 Å². The van der Waals surface area contributed by atoms with Crippen molar-refractivity contribution in [2.75, 3.05) is 6.61 Å². The zero-order valence-corrected chi connectivity index (χ0v) is 20.7. The first-order valence-corrected chi connectivity index (χ1v) is 13.8. The molecule has 0 saturated heterocycles. The van der Waals surface area contributed by atoms with Crippen LogP contribution in [-0.4, -0.2) is 43.2 Å². The molecule has 31 heavy (non-hydrogen) atoms. The first kappa shape index (κ1) is 25.1. The fourth-order valence-corrected chi connectivity index (χ4v) is 3.92. The van der Waals surface area contributed by atoms with Gasteiger partial charge in [-0.25, -0.2) is 4.79 Å². The summed E-state index contributed by atoms with van der Waals surface area (Å²) in [7, 11) is -2.05. The molecule has 0 aliphatic carbocycles. The summed E-state index contributed by atoms with van der Waals surface area (Å²) in [5.41, 5.74) is 1.89. The molecule has 0 spiro atoms. The van der Waals surface area contributed by atoms with Gasteiger partial charge in [-0.3, -0.25) is 4.90 Å². The SMILES string of the molecule is C[C@@H](O)C(CO[Si](C)(C)C(C)(C)C)N(Cc1ccccc1)C(=O)OCc1ccccc1. The van der Waals surface area contributed by atoms with Crippen molar-refractivity contribution in [2.45, 2.75) is 71.1 Å². The molecule has 5 nitrogen and oxygen atoms in total. The molecule has 0 radical (unpaired) electrons. The third-order valence-corrected chi connectivity index (χ3v) is 10.5. The van der Waals surface area contributed by atoms with Crippen molar-refractivity contribution in [1.82, 2.24) is 4.90 Å². The highest BCUT2D eigenvalue weighted by molar-refractivity contribution is 6.74. The van der Waals surface area contributed by atoms with E-state index in [1.54, 1.807) is 11.8 Å². The molecule has 1 amide bonds. The van der Waals surface area contributed by atoms with E-state index in [2.05, 4.69) is 33.9 Å². The molecule has 1 unspecified atom stereocenters. The molecule has 2 atom stereocenters. The molecular weight excluding hydrogens is 406 g/mol. The highest BCUT2D eigenvalue weighted by Gasteiger charge is 2.39. The maximum Gasteiger partial charge on any atom is 0.410 e. The summed E-state index contributed by atoms with van der Waals surface area (Å²) in [6.07, 6.45) is -1.23. The summed E-state index contributed by atoms with van der Waals surface area (Å²) < 4.78 is 12.0. The van der Waals surface area contributed by atoms with Crippen LogP contribution in [0.5, 0.6) is 0 Å². The molecule has 0 fully saturated rings. The normalized spacial score (nSPS) is 14.0. The van der Waals surface area contributed by atoms with E-state index in [0.29, 0.717) is 6.54 Å². The van der Waals surface area contributed by atoms with Gasteiger partial charge in [0.15, 0.2) is 8.32 Å². The van der Waals surface area contributed by atoms with Gasteiger partial charge in [0, 0.05) is 6.54 Å². The largest absolute Gasteiger partial charge is 0.445 e. The monoisotopic (exact) mass is 443 g/mol. The molecule has 0 aliphatic rings. The van der Waals surface area contributed by atoms with Gasteiger partial charge in [-0.1, -0.05) is 81.4 Å². The molecule has 170 valence electrons. The molecule has 0 aliphatic heterocycles. The van der Waals surface area contributed by atoms with E-state index in [1.165, 1.54) is 0 Å². The van der Waals surface area contributed by atoms with Crippen molar-refractivity contribution in [2.24, 2.45) is 0 Å². The van der Waals surface area contributed by atoms with Crippen LogP contribution in [0.25, 0.3) is 0 Å². The Morgan fingerprint density at radius 3 is 2.00 bits per heavy atom. The van der Waals surface area contributed by atoms with Crippen molar-refractivity contribution in [1.29, 1.82) is 0 Å². The van der Waals surface area contributed by atoms with Crippen molar-refractivity contribution in [3.8, 4) is 0 Å². The molecule has 0 aromatic heterocycles. The van der Waals surface area contributed by atoms with E-state index in [4.69, 9.17) is 9.16 Å². The minimum Gasteiger partial charge on any atom is -0.445 e. The number of rotatable bonds is 9. The van der Waals surface area contributed by atoms with Crippen molar-refractivity contribution < 1.29 is 19.1 Å². The second-order valence-electron chi connectivity index (χ2n) is 9.53. The van der Waals surface area contributed by atoms with E-state index in [0.717, 1.165) is 11.1 Å². The van der Waals surface area contributed by atoms with Gasteiger partial charge in [0.25, 0.3) is 0 Å². The Kier molecular flexibility index (Phi) is 8.86. The molecule has 0 heterocycles. The predicted molar refractivity (Wildman–Crippen MR) is 127 cm³/mol. The lowest BCUT2D eigenvalue weighted by molar-refractivity contribution is 0.0130. The maximum absolute atomic E-state index is 13.1. The molecule has 1 N–H and O–H groups in total. The van der Waals surface area contributed by atoms with Crippen LogP contribution in [0.4, 0.5) is 4.79 Å². The Morgan fingerprint density at radius 2 is 1.52 bits per heavy atom. The Labute approximate surface area is 188 Å². The van der Waals surface area contributed by atoms with Gasteiger partial charge in [-0.2, -0.15) is 0 Å². The summed E-state index contributed by atoms with van der Waals surface area (Å²) in [5.74, 6) is 0. The number of aliphatic hydroxyl groups is 1. The summed E-state index contributed by atoms with van der Waals surface area (Å²) in [4.78, 5) is 14.7. The van der Waals surface area contributed by atoms with Gasteiger partial charge in [0.05, 0.1) is 18.8 Å². The van der Waals surface area contributed by atoms with E-state index < -0.39 is 26.6 Å². The third kappa shape index (κ3) is 7.49. The summed E-state index contributed by atoms with van der Waals surface area (Å²) >= 11 is 0. The fourth-order valence-electron chi connectivity index (χ4n) is 2.90. The van der Waals surface area contributed by atoms with Crippen LogP contribution in [0.3, 0.4) is 0 Å². The quantitative estimate of drug-likeness (QED) is 0.513. The Morgan fingerprint density at radius 1 is 1.00 bits per heavy atom.